The van der Waals surface area contributed by atoms with Gasteiger partial charge in [0.2, 0.25) is 0 Å². The molecule has 0 unspecified atom stereocenters. The van der Waals surface area contributed by atoms with Gasteiger partial charge in [-0.15, -0.1) is 4.94 Å². The van der Waals surface area contributed by atoms with E-state index >= 15 is 0 Å². The lowest BCUT2D eigenvalue weighted by atomic mass is 10.2. The Kier molecular flexibility index (Phi) is 1.51. The summed E-state index contributed by atoms with van der Waals surface area (Å²) < 4.78 is 5.42. The van der Waals surface area contributed by atoms with Crippen LogP contribution in [0.3, 0.4) is 0 Å². The Morgan fingerprint density at radius 2 is 2.10 bits per heavy atom. The van der Waals surface area contributed by atoms with Crippen molar-refractivity contribution in [2.45, 2.75) is 0 Å². The third kappa shape index (κ3) is 0.966. The smallest absolute Gasteiger partial charge is 0.562 e. The summed E-state index contributed by atoms with van der Waals surface area (Å²) in [4.78, 5) is 2.10. The molecule has 0 saturated heterocycles. The fourth-order valence-corrected chi connectivity index (χ4v) is 1.71. The van der Waals surface area contributed by atoms with Gasteiger partial charge in [0.15, 0.2) is 0 Å². The lowest BCUT2D eigenvalue weighted by Gasteiger charge is -2.11. The van der Waals surface area contributed by atoms with Gasteiger partial charge in [0.1, 0.15) is 0 Å². The molecule has 0 saturated carbocycles. The van der Waals surface area contributed by atoms with E-state index in [9.17, 15) is 0 Å². The first-order chi connectivity index (χ1) is 4.97. The Hall–Kier alpha value is -0.708. The zero-order chi connectivity index (χ0) is 6.81. The molecule has 0 amide bonds. The van der Waals surface area contributed by atoms with Crippen LogP contribution < -0.4 is 3.79 Å². The minimum absolute atomic E-state index is 0.0537. The molecule has 1 aliphatic rings. The van der Waals surface area contributed by atoms with Gasteiger partial charge in [-0.3, -0.25) is 0 Å². The molecule has 2 rings (SSSR count). The Morgan fingerprint density at radius 1 is 1.20 bits per heavy atom. The monoisotopic (exact) mass is 145 g/mol. The second kappa shape index (κ2) is 2.50. The quantitative estimate of drug-likeness (QED) is 0.504. The summed E-state index contributed by atoms with van der Waals surface area (Å²) in [7, 11) is 0. The van der Waals surface area contributed by atoms with Crippen molar-refractivity contribution in [3.8, 4) is 5.75 Å². The topological polar surface area (TPSA) is 9.23 Å². The summed E-state index contributed by atoms with van der Waals surface area (Å²) in [5, 5.41) is 0. The van der Waals surface area contributed by atoms with E-state index in [1.54, 1.807) is 0 Å². The summed E-state index contributed by atoms with van der Waals surface area (Å²) in [5.41, 5.74) is 1.20. The van der Waals surface area contributed by atoms with Crippen LogP contribution in [0.4, 0.5) is 0 Å². The SMILES string of the molecule is [CH]1=Cc2ccccc2[O][Al]1. The van der Waals surface area contributed by atoms with Crippen molar-refractivity contribution in [1.29, 1.82) is 0 Å². The molecule has 2 heteroatoms. The fraction of sp³-hybridized carbons (Fsp3) is 0. The molecule has 10 heavy (non-hydrogen) atoms. The summed E-state index contributed by atoms with van der Waals surface area (Å²) in [6.07, 6.45) is 2.12. The molecule has 0 spiro atoms. The highest BCUT2D eigenvalue weighted by molar-refractivity contribution is 6.37. The maximum absolute atomic E-state index is 5.42. The van der Waals surface area contributed by atoms with Crippen LogP contribution in [0.5, 0.6) is 5.75 Å². The number of hydrogen-bond acceptors (Lipinski definition) is 1. The average Bonchev–Trinajstić information content (AvgIpc) is 2.05. The molecular formula is C8H6AlO. The van der Waals surface area contributed by atoms with Crippen molar-refractivity contribution >= 4 is 21.6 Å². The molecule has 0 aliphatic carbocycles. The summed E-state index contributed by atoms with van der Waals surface area (Å²) >= 11 is 0.0537. The average molecular weight is 145 g/mol. The molecular weight excluding hydrogens is 139 g/mol. The van der Waals surface area contributed by atoms with Crippen LogP contribution in [0.15, 0.2) is 29.2 Å². The normalized spacial score (nSPS) is 13.2. The molecule has 1 heterocycles. The largest absolute Gasteiger partial charge is 0.644 e. The van der Waals surface area contributed by atoms with Gasteiger partial charge in [-0.2, -0.15) is 0 Å². The van der Waals surface area contributed by atoms with Gasteiger partial charge in [0.25, 0.3) is 0 Å². The number of rotatable bonds is 0. The van der Waals surface area contributed by atoms with Gasteiger partial charge < -0.3 is 3.79 Å². The van der Waals surface area contributed by atoms with Crippen molar-refractivity contribution in [2.24, 2.45) is 0 Å². The van der Waals surface area contributed by atoms with Crippen LogP contribution in [0.2, 0.25) is 0 Å². The van der Waals surface area contributed by atoms with Gasteiger partial charge in [-0.05, 0) is 6.07 Å². The van der Waals surface area contributed by atoms with E-state index in [0.29, 0.717) is 0 Å². The number of para-hydroxylation sites is 1. The molecule has 0 aromatic heterocycles. The molecule has 1 aromatic rings. The molecule has 1 aromatic carbocycles. The molecule has 0 atom stereocenters. The van der Waals surface area contributed by atoms with Gasteiger partial charge in [0, 0.05) is 5.56 Å². The minimum Gasteiger partial charge on any atom is -0.644 e. The molecule has 1 nitrogen and oxygen atoms in total. The minimum atomic E-state index is 0.0537. The van der Waals surface area contributed by atoms with E-state index in [4.69, 9.17) is 3.79 Å². The van der Waals surface area contributed by atoms with Gasteiger partial charge in [0.05, 0.1) is 5.75 Å². The lowest BCUT2D eigenvalue weighted by molar-refractivity contribution is 0.599. The number of benzene rings is 1. The van der Waals surface area contributed by atoms with E-state index < -0.39 is 0 Å². The van der Waals surface area contributed by atoms with E-state index in [1.807, 2.05) is 18.2 Å². The summed E-state index contributed by atoms with van der Waals surface area (Å²) in [6.45, 7) is 0. The Labute approximate surface area is 66.4 Å². The van der Waals surface area contributed by atoms with E-state index in [-0.39, 0.29) is 15.6 Å². The van der Waals surface area contributed by atoms with Crippen molar-refractivity contribution in [2.75, 3.05) is 0 Å². The fourth-order valence-electron chi connectivity index (χ4n) is 0.981. The van der Waals surface area contributed by atoms with Crippen molar-refractivity contribution in [1.82, 2.24) is 0 Å². The highest BCUT2D eigenvalue weighted by Gasteiger charge is 2.03. The van der Waals surface area contributed by atoms with Crippen molar-refractivity contribution in [3.05, 3.63) is 34.8 Å². The maximum Gasteiger partial charge on any atom is 0.562 e. The van der Waals surface area contributed by atoms with Gasteiger partial charge >= 0.3 is 15.6 Å². The molecule has 0 N–H and O–H groups in total. The molecule has 0 fully saturated rings. The Balaban J connectivity index is 2.54. The standard InChI is InChI=1S/C8H7O.Al/c1-2-7-5-3-4-6-8(7)9;/h1-6,9H;/q;+1/p-1. The van der Waals surface area contributed by atoms with Crippen LogP contribution in [0.25, 0.3) is 6.08 Å². The van der Waals surface area contributed by atoms with E-state index in [1.165, 1.54) is 5.56 Å². The first-order valence-corrected chi connectivity index (χ1v) is 4.36. The van der Waals surface area contributed by atoms with Crippen molar-refractivity contribution < 1.29 is 3.79 Å². The van der Waals surface area contributed by atoms with Crippen LogP contribution in [0, 0.1) is 0 Å². The maximum atomic E-state index is 5.42. The first-order valence-electron chi connectivity index (χ1n) is 3.22. The Morgan fingerprint density at radius 3 is 3.00 bits per heavy atom. The van der Waals surface area contributed by atoms with Crippen LogP contribution in [-0.4, -0.2) is 15.6 Å². The number of hydrogen-bond donors (Lipinski definition) is 0. The first kappa shape index (κ1) is 6.03. The summed E-state index contributed by atoms with van der Waals surface area (Å²) in [5.74, 6) is 1.03. The zero-order valence-corrected chi connectivity index (χ0v) is 6.60. The highest BCUT2D eigenvalue weighted by Crippen LogP contribution is 2.21. The van der Waals surface area contributed by atoms with Crippen LogP contribution in [-0.2, 0) is 0 Å². The predicted octanol–water partition coefficient (Wildman–Crippen LogP) is 1.67. The predicted molar refractivity (Wildman–Crippen MR) is 41.9 cm³/mol. The van der Waals surface area contributed by atoms with Crippen molar-refractivity contribution in [3.63, 3.8) is 0 Å². The molecule has 1 aliphatic heterocycles. The Bertz CT molecular complexity index is 268. The third-order valence-electron chi connectivity index (χ3n) is 1.47. The molecule has 0 bridgehead atoms. The second-order valence-electron chi connectivity index (χ2n) is 2.15. The summed E-state index contributed by atoms with van der Waals surface area (Å²) in [6, 6.07) is 8.08. The van der Waals surface area contributed by atoms with E-state index in [2.05, 4.69) is 17.1 Å². The number of fused-ring (bicyclic) bond motifs is 1. The van der Waals surface area contributed by atoms with Crippen LogP contribution in [0.1, 0.15) is 5.56 Å². The second-order valence-corrected chi connectivity index (χ2v) is 3.04. The van der Waals surface area contributed by atoms with Crippen LogP contribution >= 0.6 is 0 Å². The molecule has 47 valence electrons. The van der Waals surface area contributed by atoms with Gasteiger partial charge in [-0.25, -0.2) is 0 Å². The van der Waals surface area contributed by atoms with E-state index in [0.717, 1.165) is 5.75 Å². The van der Waals surface area contributed by atoms with Gasteiger partial charge in [-0.1, -0.05) is 24.3 Å². The highest BCUT2D eigenvalue weighted by atomic mass is 27.1. The molecule has 1 radical (unpaired) electrons. The lowest BCUT2D eigenvalue weighted by Crippen LogP contribution is -2.03. The third-order valence-corrected chi connectivity index (χ3v) is 2.21. The zero-order valence-electron chi connectivity index (χ0n) is 5.45.